The highest BCUT2D eigenvalue weighted by molar-refractivity contribution is 6.33. The molecule has 104 valence electrons. The number of benzene rings is 2. The second kappa shape index (κ2) is 5.54. The molecule has 0 saturated heterocycles. The van der Waals surface area contributed by atoms with E-state index in [1.807, 2.05) is 49.4 Å². The highest BCUT2D eigenvalue weighted by atomic mass is 35.5. The first-order chi connectivity index (χ1) is 10.1. The maximum atomic E-state index is 12.5. The summed E-state index contributed by atoms with van der Waals surface area (Å²) in [7, 11) is 0. The molecular formula is C17H13ClN2O. The number of carbonyl (C=O) groups excluding carboxylic acids is 1. The normalized spacial score (nSPS) is 16.5. The zero-order valence-electron chi connectivity index (χ0n) is 11.5. The van der Waals surface area contributed by atoms with E-state index in [-0.39, 0.29) is 5.91 Å². The van der Waals surface area contributed by atoms with Gasteiger partial charge in [-0.15, -0.1) is 0 Å². The maximum Gasteiger partial charge on any atom is 0.280 e. The van der Waals surface area contributed by atoms with E-state index < -0.39 is 0 Å². The molecule has 2 aromatic rings. The molecule has 0 N–H and O–H groups in total. The van der Waals surface area contributed by atoms with Crippen LogP contribution >= 0.6 is 11.6 Å². The lowest BCUT2D eigenvalue weighted by Gasteiger charge is -2.11. The summed E-state index contributed by atoms with van der Waals surface area (Å²) in [4.78, 5) is 12.5. The number of halogens is 1. The van der Waals surface area contributed by atoms with Crippen molar-refractivity contribution in [3.63, 3.8) is 0 Å². The van der Waals surface area contributed by atoms with Crippen LogP contribution in [0.2, 0.25) is 5.02 Å². The van der Waals surface area contributed by atoms with Gasteiger partial charge in [0.15, 0.2) is 0 Å². The highest BCUT2D eigenvalue weighted by Crippen LogP contribution is 2.26. The van der Waals surface area contributed by atoms with Crippen molar-refractivity contribution in [2.24, 2.45) is 5.10 Å². The van der Waals surface area contributed by atoms with Crippen molar-refractivity contribution in [2.75, 3.05) is 5.01 Å². The van der Waals surface area contributed by atoms with Gasteiger partial charge in [0.1, 0.15) is 0 Å². The molecule has 0 saturated carbocycles. The Morgan fingerprint density at radius 3 is 2.57 bits per heavy atom. The van der Waals surface area contributed by atoms with Crippen LogP contribution in [0.25, 0.3) is 6.08 Å². The molecular weight excluding hydrogens is 284 g/mol. The molecule has 0 bridgehead atoms. The third kappa shape index (κ3) is 2.73. The number of amides is 1. The Labute approximate surface area is 128 Å². The monoisotopic (exact) mass is 296 g/mol. The molecule has 3 rings (SSSR count). The third-order valence-corrected chi connectivity index (χ3v) is 3.46. The van der Waals surface area contributed by atoms with E-state index in [1.54, 1.807) is 18.2 Å². The molecule has 1 aliphatic rings. The van der Waals surface area contributed by atoms with E-state index in [1.165, 1.54) is 5.01 Å². The Balaban J connectivity index is 1.96. The second-order valence-electron chi connectivity index (χ2n) is 4.75. The summed E-state index contributed by atoms with van der Waals surface area (Å²) in [6.07, 6.45) is 1.85. The maximum absolute atomic E-state index is 12.5. The molecule has 0 atom stereocenters. The summed E-state index contributed by atoms with van der Waals surface area (Å²) < 4.78 is 0. The average molecular weight is 297 g/mol. The topological polar surface area (TPSA) is 32.7 Å². The first kappa shape index (κ1) is 13.6. The summed E-state index contributed by atoms with van der Waals surface area (Å²) in [5.74, 6) is -0.140. The van der Waals surface area contributed by atoms with Gasteiger partial charge < -0.3 is 0 Å². The third-order valence-electron chi connectivity index (χ3n) is 3.23. The number of hydrazone groups is 1. The van der Waals surface area contributed by atoms with Crippen molar-refractivity contribution < 1.29 is 4.79 Å². The molecule has 1 amide bonds. The lowest BCUT2D eigenvalue weighted by molar-refractivity contribution is -0.114. The van der Waals surface area contributed by atoms with Crippen LogP contribution in [0.5, 0.6) is 0 Å². The Morgan fingerprint density at radius 2 is 1.86 bits per heavy atom. The van der Waals surface area contributed by atoms with E-state index in [4.69, 9.17) is 11.6 Å². The number of carbonyl (C=O) groups is 1. The van der Waals surface area contributed by atoms with E-state index >= 15 is 0 Å². The van der Waals surface area contributed by atoms with Gasteiger partial charge in [-0.3, -0.25) is 4.79 Å². The summed E-state index contributed by atoms with van der Waals surface area (Å²) in [6, 6.07) is 16.8. The van der Waals surface area contributed by atoms with E-state index in [2.05, 4.69) is 5.10 Å². The van der Waals surface area contributed by atoms with Gasteiger partial charge in [0.25, 0.3) is 5.91 Å². The first-order valence-electron chi connectivity index (χ1n) is 6.57. The number of nitrogens with zero attached hydrogens (tertiary/aromatic N) is 2. The average Bonchev–Trinajstić information content (AvgIpc) is 2.76. The summed E-state index contributed by atoms with van der Waals surface area (Å²) in [5, 5.41) is 6.29. The van der Waals surface area contributed by atoms with Gasteiger partial charge >= 0.3 is 0 Å². The van der Waals surface area contributed by atoms with Crippen molar-refractivity contribution >= 4 is 35.0 Å². The Hall–Kier alpha value is -2.39. The molecule has 1 aliphatic heterocycles. The van der Waals surface area contributed by atoms with Crippen molar-refractivity contribution in [1.29, 1.82) is 0 Å². The SMILES string of the molecule is CC1=NN(c2cccc(Cl)c2)C(=O)/C1=C/c1ccccc1. The molecule has 4 heteroatoms. The van der Waals surface area contributed by atoms with Gasteiger partial charge in [0.05, 0.1) is 17.0 Å². The van der Waals surface area contributed by atoms with Crippen molar-refractivity contribution in [1.82, 2.24) is 0 Å². The fraction of sp³-hybridized carbons (Fsp3) is 0.0588. The fourth-order valence-corrected chi connectivity index (χ4v) is 2.37. The van der Waals surface area contributed by atoms with Crippen molar-refractivity contribution in [3.8, 4) is 0 Å². The first-order valence-corrected chi connectivity index (χ1v) is 6.95. The Bertz CT molecular complexity index is 750. The lowest BCUT2D eigenvalue weighted by atomic mass is 10.1. The summed E-state index contributed by atoms with van der Waals surface area (Å²) in [6.45, 7) is 1.83. The number of rotatable bonds is 2. The van der Waals surface area contributed by atoms with Crippen LogP contribution in [0.15, 0.2) is 65.3 Å². The number of hydrogen-bond acceptors (Lipinski definition) is 2. The lowest BCUT2D eigenvalue weighted by Crippen LogP contribution is -2.21. The van der Waals surface area contributed by atoms with E-state index in [0.717, 1.165) is 5.56 Å². The van der Waals surface area contributed by atoms with Crippen molar-refractivity contribution in [2.45, 2.75) is 6.92 Å². The van der Waals surface area contributed by atoms with Crippen molar-refractivity contribution in [3.05, 3.63) is 70.8 Å². The fourth-order valence-electron chi connectivity index (χ4n) is 2.18. The van der Waals surface area contributed by atoms with Gasteiger partial charge in [-0.1, -0.05) is 48.0 Å². The largest absolute Gasteiger partial charge is 0.280 e. The van der Waals surface area contributed by atoms with Crippen LogP contribution in [0, 0.1) is 0 Å². The predicted octanol–water partition coefficient (Wildman–Crippen LogP) is 4.15. The van der Waals surface area contributed by atoms with Crippen LogP contribution in [0.1, 0.15) is 12.5 Å². The molecule has 2 aromatic carbocycles. The number of hydrogen-bond donors (Lipinski definition) is 0. The second-order valence-corrected chi connectivity index (χ2v) is 5.19. The van der Waals surface area contributed by atoms with E-state index in [0.29, 0.717) is 22.0 Å². The minimum atomic E-state index is -0.140. The summed E-state index contributed by atoms with van der Waals surface area (Å²) >= 11 is 5.97. The minimum Gasteiger partial charge on any atom is -0.267 e. The highest BCUT2D eigenvalue weighted by Gasteiger charge is 2.28. The molecule has 0 radical (unpaired) electrons. The Morgan fingerprint density at radius 1 is 1.10 bits per heavy atom. The molecule has 0 spiro atoms. The molecule has 0 aromatic heterocycles. The van der Waals surface area contributed by atoms with Crippen LogP contribution in [-0.2, 0) is 4.79 Å². The number of anilines is 1. The standard InChI is InChI=1S/C17H13ClN2O/c1-12-16(10-13-6-3-2-4-7-13)17(21)20(19-12)15-9-5-8-14(18)11-15/h2-11H,1H3/b16-10+. The van der Waals surface area contributed by atoms with E-state index in [9.17, 15) is 4.79 Å². The Kier molecular flexibility index (Phi) is 3.59. The molecule has 0 unspecified atom stereocenters. The molecule has 21 heavy (non-hydrogen) atoms. The van der Waals surface area contributed by atoms with Gasteiger partial charge in [0.2, 0.25) is 0 Å². The molecule has 0 aliphatic carbocycles. The minimum absolute atomic E-state index is 0.140. The van der Waals surface area contributed by atoms with Gasteiger partial charge in [0, 0.05) is 5.02 Å². The zero-order valence-corrected chi connectivity index (χ0v) is 12.2. The molecule has 0 fully saturated rings. The molecule has 1 heterocycles. The van der Waals surface area contributed by atoms with Gasteiger partial charge in [-0.05, 0) is 36.8 Å². The van der Waals surface area contributed by atoms with Gasteiger partial charge in [-0.25, -0.2) is 0 Å². The van der Waals surface area contributed by atoms with Crippen LogP contribution in [-0.4, -0.2) is 11.6 Å². The quantitative estimate of drug-likeness (QED) is 0.766. The van der Waals surface area contributed by atoms with Crippen LogP contribution < -0.4 is 5.01 Å². The smallest absolute Gasteiger partial charge is 0.267 e. The van der Waals surface area contributed by atoms with Gasteiger partial charge in [-0.2, -0.15) is 10.1 Å². The van der Waals surface area contributed by atoms with Crippen LogP contribution in [0.4, 0.5) is 5.69 Å². The zero-order chi connectivity index (χ0) is 14.8. The predicted molar refractivity (Wildman–Crippen MR) is 86.5 cm³/mol. The van der Waals surface area contributed by atoms with Crippen LogP contribution in [0.3, 0.4) is 0 Å². The molecule has 3 nitrogen and oxygen atoms in total. The summed E-state index contributed by atoms with van der Waals surface area (Å²) in [5.41, 5.74) is 2.94.